The van der Waals surface area contributed by atoms with E-state index in [2.05, 4.69) is 37.2 Å². The molecular weight excluding hydrogens is 694 g/mol. The van der Waals surface area contributed by atoms with Crippen LogP contribution in [0, 0.1) is 5.92 Å². The molecule has 2 unspecified atom stereocenters. The second-order valence-corrected chi connectivity index (χ2v) is 13.4. The zero-order valence-electron chi connectivity index (χ0n) is 21.4. The summed E-state index contributed by atoms with van der Waals surface area (Å²) in [6.45, 7) is -0.229. The number of thiazole rings is 1. The number of aromatic nitrogens is 1. The molecule has 2 aliphatic rings. The summed E-state index contributed by atoms with van der Waals surface area (Å²) in [5.74, 6) is -1.60. The number of anilines is 2. The fourth-order valence-electron chi connectivity index (χ4n) is 5.15. The lowest BCUT2D eigenvalue weighted by atomic mass is 9.83. The highest BCUT2D eigenvalue weighted by molar-refractivity contribution is 9.10. The average molecular weight is 715 g/mol. The molecular formula is C29H21Br2N3O5S2. The molecule has 1 fully saturated rings. The number of nitrogens with zero attached hydrogens (tertiary/aromatic N) is 2. The van der Waals surface area contributed by atoms with Gasteiger partial charge in [0.25, 0.3) is 0 Å². The summed E-state index contributed by atoms with van der Waals surface area (Å²) in [6, 6.07) is 21.5. The molecule has 1 saturated heterocycles. The average Bonchev–Trinajstić information content (AvgIpc) is 3.40. The van der Waals surface area contributed by atoms with Crippen LogP contribution in [-0.2, 0) is 20.9 Å². The molecule has 0 radical (unpaired) electrons. The summed E-state index contributed by atoms with van der Waals surface area (Å²) >= 11 is 9.07. The van der Waals surface area contributed by atoms with Gasteiger partial charge in [0, 0.05) is 25.4 Å². The molecule has 3 atom stereocenters. The van der Waals surface area contributed by atoms with Gasteiger partial charge >= 0.3 is 4.87 Å². The molecule has 1 N–H and O–H groups in total. The maximum Gasteiger partial charge on any atom is 0.308 e. The van der Waals surface area contributed by atoms with Gasteiger partial charge < -0.3 is 10.1 Å². The highest BCUT2D eigenvalue weighted by Gasteiger charge is 2.56. The molecule has 0 spiro atoms. The van der Waals surface area contributed by atoms with E-state index in [1.165, 1.54) is 21.2 Å². The summed E-state index contributed by atoms with van der Waals surface area (Å²) in [7, 11) is 1.56. The highest BCUT2D eigenvalue weighted by atomic mass is 79.9. The van der Waals surface area contributed by atoms with Crippen molar-refractivity contribution in [3.63, 3.8) is 0 Å². The minimum Gasteiger partial charge on any atom is -0.497 e. The summed E-state index contributed by atoms with van der Waals surface area (Å²) in [4.78, 5) is 55.7. The highest BCUT2D eigenvalue weighted by Crippen LogP contribution is 2.54. The maximum absolute atomic E-state index is 13.9. The Kier molecular flexibility index (Phi) is 7.66. The standard InChI is InChI=1S/C29H21Br2N3O5S2/c1-39-20-12-8-18(9-13-20)32-21(35)14-33-28-25(41-29(33)38)22(15-2-4-16(30)5-3-15)23-24(40-28)27(37)34(26(23)36)19-10-6-17(31)7-11-19/h2-13,22-24H,14H2,1H3,(H,32,35)/t22-,23?,24?/m1/s1. The van der Waals surface area contributed by atoms with Crippen LogP contribution in [0.3, 0.4) is 0 Å². The van der Waals surface area contributed by atoms with Gasteiger partial charge in [0.1, 0.15) is 17.5 Å². The molecule has 3 amide bonds. The van der Waals surface area contributed by atoms with Crippen molar-refractivity contribution < 1.29 is 19.1 Å². The molecule has 3 heterocycles. The Bertz CT molecular complexity index is 1720. The first-order valence-corrected chi connectivity index (χ1v) is 15.8. The van der Waals surface area contributed by atoms with E-state index in [0.717, 1.165) is 25.8 Å². The first-order chi connectivity index (χ1) is 19.7. The van der Waals surface area contributed by atoms with Gasteiger partial charge in [-0.05, 0) is 66.2 Å². The van der Waals surface area contributed by atoms with Gasteiger partial charge in [-0.2, -0.15) is 0 Å². The number of carbonyl (C=O) groups is 3. The van der Waals surface area contributed by atoms with Crippen molar-refractivity contribution in [2.24, 2.45) is 5.92 Å². The van der Waals surface area contributed by atoms with Crippen LogP contribution in [0.2, 0.25) is 0 Å². The number of amides is 3. The minimum atomic E-state index is -0.753. The van der Waals surface area contributed by atoms with Crippen LogP contribution in [0.5, 0.6) is 5.75 Å². The number of methoxy groups -OCH3 is 1. The van der Waals surface area contributed by atoms with Crippen molar-refractivity contribution in [3.05, 3.63) is 102 Å². The number of fused-ring (bicyclic) bond motifs is 2. The number of ether oxygens (including phenoxy) is 1. The topological polar surface area (TPSA) is 97.7 Å². The zero-order chi connectivity index (χ0) is 28.8. The van der Waals surface area contributed by atoms with E-state index in [-0.39, 0.29) is 29.1 Å². The van der Waals surface area contributed by atoms with Crippen molar-refractivity contribution in [1.82, 2.24) is 4.57 Å². The van der Waals surface area contributed by atoms with Gasteiger partial charge in [-0.25, -0.2) is 4.90 Å². The smallest absolute Gasteiger partial charge is 0.308 e. The Labute approximate surface area is 260 Å². The van der Waals surface area contributed by atoms with Gasteiger partial charge in [-0.15, -0.1) is 0 Å². The van der Waals surface area contributed by atoms with Gasteiger partial charge in [0.2, 0.25) is 17.7 Å². The first-order valence-electron chi connectivity index (χ1n) is 12.5. The van der Waals surface area contributed by atoms with Crippen molar-refractivity contribution >= 4 is 84.1 Å². The van der Waals surface area contributed by atoms with Crippen LogP contribution in [-0.4, -0.2) is 34.6 Å². The third-order valence-corrected chi connectivity index (χ3v) is 10.7. The van der Waals surface area contributed by atoms with E-state index < -0.39 is 17.1 Å². The summed E-state index contributed by atoms with van der Waals surface area (Å²) in [5, 5.41) is 2.60. The van der Waals surface area contributed by atoms with E-state index in [0.29, 0.717) is 27.0 Å². The molecule has 3 aromatic carbocycles. The van der Waals surface area contributed by atoms with Gasteiger partial charge in [-0.3, -0.25) is 23.7 Å². The van der Waals surface area contributed by atoms with Crippen molar-refractivity contribution in [1.29, 1.82) is 0 Å². The Hall–Kier alpha value is -3.19. The van der Waals surface area contributed by atoms with Gasteiger partial charge in [0.05, 0.1) is 23.7 Å². The normalized spacial score (nSPS) is 19.6. The lowest BCUT2D eigenvalue weighted by molar-refractivity contribution is -0.122. The molecule has 1 aromatic heterocycles. The Balaban J connectivity index is 1.38. The number of thioether (sulfide) groups is 1. The van der Waals surface area contributed by atoms with Crippen LogP contribution in [0.15, 0.2) is 91.6 Å². The number of carbonyl (C=O) groups excluding carboxylic acids is 3. The summed E-state index contributed by atoms with van der Waals surface area (Å²) in [5.41, 5.74) is 1.88. The third kappa shape index (κ3) is 5.18. The number of imide groups is 1. The fraction of sp³-hybridized carbons (Fsp3) is 0.172. The second-order valence-electron chi connectivity index (χ2n) is 9.48. The van der Waals surface area contributed by atoms with Crippen LogP contribution in [0.25, 0.3) is 0 Å². The van der Waals surface area contributed by atoms with Crippen LogP contribution < -0.4 is 19.8 Å². The molecule has 2 aliphatic heterocycles. The van der Waals surface area contributed by atoms with Crippen LogP contribution >= 0.6 is 55.0 Å². The van der Waals surface area contributed by atoms with E-state index in [9.17, 15) is 19.2 Å². The largest absolute Gasteiger partial charge is 0.497 e. The lowest BCUT2D eigenvalue weighted by Crippen LogP contribution is -2.33. The quantitative estimate of drug-likeness (QED) is 0.251. The second kappa shape index (κ2) is 11.2. The van der Waals surface area contributed by atoms with E-state index in [4.69, 9.17) is 4.74 Å². The number of nitrogens with one attached hydrogen (secondary N) is 1. The van der Waals surface area contributed by atoms with Gasteiger partial charge in [-0.1, -0.05) is 67.1 Å². The maximum atomic E-state index is 13.9. The molecule has 208 valence electrons. The number of benzene rings is 3. The molecule has 4 aromatic rings. The van der Waals surface area contributed by atoms with Crippen LogP contribution in [0.4, 0.5) is 11.4 Å². The number of rotatable bonds is 6. The van der Waals surface area contributed by atoms with E-state index in [1.54, 1.807) is 55.6 Å². The SMILES string of the molecule is COc1ccc(NC(=O)Cn2c3c(sc2=O)[C@H](c2ccc(Br)cc2)C2C(=O)N(c4ccc(Br)cc4)C(=O)C2S3)cc1. The molecule has 6 rings (SSSR count). The Morgan fingerprint density at radius 3 is 2.17 bits per heavy atom. The van der Waals surface area contributed by atoms with Crippen molar-refractivity contribution in [3.8, 4) is 5.75 Å². The van der Waals surface area contributed by atoms with Crippen molar-refractivity contribution in [2.75, 3.05) is 17.3 Å². The molecule has 41 heavy (non-hydrogen) atoms. The fourth-order valence-corrected chi connectivity index (χ4v) is 8.45. The van der Waals surface area contributed by atoms with E-state index >= 15 is 0 Å². The Morgan fingerprint density at radius 1 is 0.902 bits per heavy atom. The predicted molar refractivity (Wildman–Crippen MR) is 166 cm³/mol. The van der Waals surface area contributed by atoms with Crippen molar-refractivity contribution in [2.45, 2.75) is 22.7 Å². The van der Waals surface area contributed by atoms with Gasteiger partial charge in [0.15, 0.2) is 0 Å². The molecule has 12 heteroatoms. The first kappa shape index (κ1) is 28.0. The van der Waals surface area contributed by atoms with E-state index in [1.807, 2.05) is 24.3 Å². The lowest BCUT2D eigenvalue weighted by Gasteiger charge is -2.30. The van der Waals surface area contributed by atoms with Crippen LogP contribution in [0.1, 0.15) is 16.4 Å². The predicted octanol–water partition coefficient (Wildman–Crippen LogP) is 5.88. The zero-order valence-corrected chi connectivity index (χ0v) is 26.2. The molecule has 8 nitrogen and oxygen atoms in total. The molecule has 0 bridgehead atoms. The monoisotopic (exact) mass is 713 g/mol. The summed E-state index contributed by atoms with van der Waals surface area (Å²) in [6.07, 6.45) is 0. The number of hydrogen-bond acceptors (Lipinski definition) is 7. The molecule has 0 saturated carbocycles. The minimum absolute atomic E-state index is 0.229. The number of halogens is 2. The summed E-state index contributed by atoms with van der Waals surface area (Å²) < 4.78 is 8.27. The number of hydrogen-bond donors (Lipinski definition) is 1. The Morgan fingerprint density at radius 2 is 1.54 bits per heavy atom. The molecule has 0 aliphatic carbocycles. The third-order valence-electron chi connectivity index (χ3n) is 7.04.